The van der Waals surface area contributed by atoms with Gasteiger partial charge in [0.05, 0.1) is 28.9 Å². The average molecular weight is 490 g/mol. The summed E-state index contributed by atoms with van der Waals surface area (Å²) in [5.74, 6) is -1.27. The summed E-state index contributed by atoms with van der Waals surface area (Å²) in [6.45, 7) is 0.903. The van der Waals surface area contributed by atoms with Crippen LogP contribution < -0.4 is 15.5 Å². The number of anilines is 2. The highest BCUT2D eigenvalue weighted by Crippen LogP contribution is 2.24. The number of thiophene rings is 1. The highest BCUT2D eigenvalue weighted by Gasteiger charge is 2.32. The minimum atomic E-state index is -1.01. The van der Waals surface area contributed by atoms with Crippen molar-refractivity contribution >= 4 is 64.7 Å². The first kappa shape index (κ1) is 24.7. The lowest BCUT2D eigenvalue weighted by molar-refractivity contribution is -0.142. The Morgan fingerprint density at radius 2 is 2.00 bits per heavy atom. The number of amides is 2. The van der Waals surface area contributed by atoms with E-state index in [9.17, 15) is 14.4 Å². The van der Waals surface area contributed by atoms with Gasteiger partial charge in [0.25, 0.3) is 5.91 Å². The summed E-state index contributed by atoms with van der Waals surface area (Å²) in [5.41, 5.74) is 1.48. The maximum absolute atomic E-state index is 12.2. The Kier molecular flexibility index (Phi) is 9.38. The van der Waals surface area contributed by atoms with E-state index < -0.39 is 18.2 Å². The first-order chi connectivity index (χ1) is 14.4. The predicted octanol–water partition coefficient (Wildman–Crippen LogP) is 3.09. The van der Waals surface area contributed by atoms with Crippen LogP contribution in [0.25, 0.3) is 0 Å². The van der Waals surface area contributed by atoms with Gasteiger partial charge in [0.1, 0.15) is 12.7 Å². The van der Waals surface area contributed by atoms with E-state index in [0.29, 0.717) is 28.0 Å². The van der Waals surface area contributed by atoms with Crippen LogP contribution in [-0.2, 0) is 14.3 Å². The van der Waals surface area contributed by atoms with Crippen molar-refractivity contribution in [2.75, 3.05) is 43.1 Å². The summed E-state index contributed by atoms with van der Waals surface area (Å²) >= 11 is 7.02. The van der Waals surface area contributed by atoms with Crippen LogP contribution in [0.15, 0.2) is 36.4 Å². The molecule has 2 aromatic rings. The van der Waals surface area contributed by atoms with E-state index in [0.717, 1.165) is 5.69 Å². The van der Waals surface area contributed by atoms with Crippen LogP contribution in [0.4, 0.5) is 16.2 Å². The normalized spacial score (nSPS) is 15.2. The molecule has 1 aromatic heterocycles. The maximum atomic E-state index is 12.2. The predicted molar refractivity (Wildman–Crippen MR) is 120 cm³/mol. The molecule has 2 heterocycles. The average Bonchev–Trinajstić information content (AvgIpc) is 3.32. The van der Waals surface area contributed by atoms with Crippen LogP contribution in [0.5, 0.6) is 0 Å². The molecule has 1 atom stereocenters. The van der Waals surface area contributed by atoms with Crippen molar-refractivity contribution in [3.63, 3.8) is 0 Å². The Hall–Kier alpha value is -2.53. The number of carbonyl (C=O) groups is 3. The highest BCUT2D eigenvalue weighted by atomic mass is 35.5. The topological polar surface area (TPSA) is 117 Å². The quantitative estimate of drug-likeness (QED) is 0.438. The molecular formula is C19H21Cl2N3O6S. The number of cyclic esters (lactones) is 1. The lowest BCUT2D eigenvalue weighted by Crippen LogP contribution is -2.34. The van der Waals surface area contributed by atoms with Crippen LogP contribution in [0.2, 0.25) is 4.34 Å². The van der Waals surface area contributed by atoms with Crippen LogP contribution in [-0.4, -0.2) is 62.0 Å². The van der Waals surface area contributed by atoms with E-state index in [4.69, 9.17) is 26.2 Å². The van der Waals surface area contributed by atoms with Crippen molar-refractivity contribution < 1.29 is 29.0 Å². The van der Waals surface area contributed by atoms with Crippen LogP contribution >= 0.6 is 35.3 Å². The Balaban J connectivity index is 0.00000341. The van der Waals surface area contributed by atoms with Crippen LogP contribution in [0, 0.1) is 0 Å². The number of ether oxygens (including phenoxy) is 2. The first-order valence-corrected chi connectivity index (χ1v) is 10.3. The van der Waals surface area contributed by atoms with Gasteiger partial charge >= 0.3 is 12.1 Å². The van der Waals surface area contributed by atoms with Crippen LogP contribution in [0.3, 0.4) is 0 Å². The number of hydrogen-bond acceptors (Lipinski definition) is 7. The minimum Gasteiger partial charge on any atom is -0.480 e. The number of rotatable bonds is 10. The summed E-state index contributed by atoms with van der Waals surface area (Å²) in [6.07, 6.45) is -0.933. The van der Waals surface area contributed by atoms with Gasteiger partial charge in [0.2, 0.25) is 0 Å². The molecule has 0 aliphatic carbocycles. The largest absolute Gasteiger partial charge is 0.480 e. The smallest absolute Gasteiger partial charge is 0.414 e. The molecule has 2 amide bonds. The molecule has 168 valence electrons. The van der Waals surface area contributed by atoms with E-state index in [1.165, 1.54) is 16.2 Å². The number of carbonyl (C=O) groups excluding carboxylic acids is 2. The number of benzene rings is 1. The summed E-state index contributed by atoms with van der Waals surface area (Å²) in [7, 11) is 0. The third-order valence-corrected chi connectivity index (χ3v) is 5.37. The van der Waals surface area contributed by atoms with Gasteiger partial charge in [0.15, 0.2) is 0 Å². The molecule has 9 nitrogen and oxygen atoms in total. The van der Waals surface area contributed by atoms with Crippen LogP contribution in [0.1, 0.15) is 9.67 Å². The van der Waals surface area contributed by atoms with E-state index >= 15 is 0 Å². The summed E-state index contributed by atoms with van der Waals surface area (Å²) in [5, 5.41) is 14.3. The Morgan fingerprint density at radius 1 is 1.26 bits per heavy atom. The number of hydrogen-bond donors (Lipinski definition) is 3. The molecule has 0 radical (unpaired) electrons. The minimum absolute atomic E-state index is 0. The zero-order valence-corrected chi connectivity index (χ0v) is 18.6. The molecule has 3 N–H and O–H groups in total. The molecule has 0 bridgehead atoms. The Bertz CT molecular complexity index is 908. The van der Waals surface area contributed by atoms with E-state index in [1.807, 2.05) is 0 Å². The zero-order valence-electron chi connectivity index (χ0n) is 16.2. The molecule has 1 aliphatic rings. The lowest BCUT2D eigenvalue weighted by Gasteiger charge is -2.14. The Labute approximate surface area is 193 Å². The number of carboxylic acid groups (broad SMARTS) is 1. The van der Waals surface area contributed by atoms with E-state index in [2.05, 4.69) is 10.6 Å². The molecule has 0 saturated carbocycles. The molecule has 3 rings (SSSR count). The van der Waals surface area contributed by atoms with Crippen molar-refractivity contribution in [1.82, 2.24) is 5.32 Å². The summed E-state index contributed by atoms with van der Waals surface area (Å²) < 4.78 is 10.8. The van der Waals surface area contributed by atoms with Crippen molar-refractivity contribution in [3.05, 3.63) is 45.6 Å². The number of halogens is 2. The van der Waals surface area contributed by atoms with Crippen molar-refractivity contribution in [1.29, 1.82) is 0 Å². The van der Waals surface area contributed by atoms with Gasteiger partial charge in [-0.3, -0.25) is 9.69 Å². The van der Waals surface area contributed by atoms with E-state index in [-0.39, 0.29) is 38.1 Å². The molecule has 12 heteroatoms. The zero-order chi connectivity index (χ0) is 21.5. The van der Waals surface area contributed by atoms with Gasteiger partial charge in [-0.2, -0.15) is 0 Å². The monoisotopic (exact) mass is 489 g/mol. The van der Waals surface area contributed by atoms with Gasteiger partial charge in [-0.1, -0.05) is 11.6 Å². The van der Waals surface area contributed by atoms with Gasteiger partial charge in [0, 0.05) is 17.9 Å². The molecule has 1 aromatic carbocycles. The van der Waals surface area contributed by atoms with Gasteiger partial charge in [-0.25, -0.2) is 9.59 Å². The lowest BCUT2D eigenvalue weighted by atomic mass is 10.2. The SMILES string of the molecule is Cl.O=C(O)COCCNc1ccc(N2CC(CNC(=O)c3ccc(Cl)s3)OC2=O)cc1. The second-order valence-electron chi connectivity index (χ2n) is 6.35. The highest BCUT2D eigenvalue weighted by molar-refractivity contribution is 7.18. The Morgan fingerprint density at radius 3 is 2.65 bits per heavy atom. The summed E-state index contributed by atoms with van der Waals surface area (Å²) in [4.78, 5) is 36.6. The molecular weight excluding hydrogens is 469 g/mol. The molecule has 1 unspecified atom stereocenters. The molecule has 0 spiro atoms. The molecule has 1 saturated heterocycles. The van der Waals surface area contributed by atoms with Gasteiger partial charge in [-0.05, 0) is 36.4 Å². The second kappa shape index (κ2) is 11.8. The van der Waals surface area contributed by atoms with Crippen molar-refractivity contribution in [2.24, 2.45) is 0 Å². The fourth-order valence-corrected chi connectivity index (χ4v) is 3.71. The number of carboxylic acids is 1. The van der Waals surface area contributed by atoms with Crippen molar-refractivity contribution in [2.45, 2.75) is 6.10 Å². The van der Waals surface area contributed by atoms with E-state index in [1.54, 1.807) is 36.4 Å². The summed E-state index contributed by atoms with van der Waals surface area (Å²) in [6, 6.07) is 10.4. The fourth-order valence-electron chi connectivity index (χ4n) is 2.75. The third kappa shape index (κ3) is 7.28. The van der Waals surface area contributed by atoms with Crippen molar-refractivity contribution in [3.8, 4) is 0 Å². The molecule has 1 fully saturated rings. The number of aliphatic carboxylic acids is 1. The first-order valence-electron chi connectivity index (χ1n) is 9.07. The molecule has 1 aliphatic heterocycles. The number of nitrogens with one attached hydrogen (secondary N) is 2. The third-order valence-electron chi connectivity index (χ3n) is 4.14. The maximum Gasteiger partial charge on any atom is 0.414 e. The number of nitrogens with zero attached hydrogens (tertiary/aromatic N) is 1. The standard InChI is InChI=1S/C19H20ClN3O6S.ClH/c20-16-6-5-15(30-16)18(26)22-9-14-10-23(19(27)29-14)13-3-1-12(2-4-13)21-7-8-28-11-17(24)25;/h1-6,14,21H,7-11H2,(H,22,26)(H,24,25);1H. The molecule has 31 heavy (non-hydrogen) atoms. The second-order valence-corrected chi connectivity index (χ2v) is 8.07. The van der Waals surface area contributed by atoms with Gasteiger partial charge < -0.3 is 25.2 Å². The van der Waals surface area contributed by atoms with Gasteiger partial charge in [-0.15, -0.1) is 23.7 Å². The fraction of sp³-hybridized carbons (Fsp3) is 0.316.